The largest absolute Gasteiger partial charge is 0.382 e. The molecule has 20 heavy (non-hydrogen) atoms. The number of fused-ring (bicyclic) bond motifs is 1. The van der Waals surface area contributed by atoms with Crippen LogP contribution >= 0.6 is 15.9 Å². The van der Waals surface area contributed by atoms with Gasteiger partial charge in [-0.1, -0.05) is 47.1 Å². The molecule has 2 nitrogen and oxygen atoms in total. The van der Waals surface area contributed by atoms with Crippen molar-refractivity contribution in [2.45, 2.75) is 25.8 Å². The SMILES string of the molecule is CCN1CCC(Nc2ccc(Br)c3ccccc23)CC1. The molecule has 0 atom stereocenters. The van der Waals surface area contributed by atoms with Gasteiger partial charge in [0.15, 0.2) is 0 Å². The summed E-state index contributed by atoms with van der Waals surface area (Å²) in [5.74, 6) is 0. The summed E-state index contributed by atoms with van der Waals surface area (Å²) >= 11 is 3.64. The zero-order valence-electron chi connectivity index (χ0n) is 11.9. The number of rotatable bonds is 3. The first-order chi connectivity index (χ1) is 9.78. The van der Waals surface area contributed by atoms with Crippen LogP contribution in [0.3, 0.4) is 0 Å². The van der Waals surface area contributed by atoms with E-state index in [1.807, 2.05) is 0 Å². The zero-order valence-corrected chi connectivity index (χ0v) is 13.5. The molecule has 2 aromatic carbocycles. The van der Waals surface area contributed by atoms with Gasteiger partial charge in [-0.05, 0) is 36.9 Å². The third kappa shape index (κ3) is 2.84. The van der Waals surface area contributed by atoms with Gasteiger partial charge < -0.3 is 10.2 Å². The predicted octanol–water partition coefficient (Wildman–Crippen LogP) is 4.50. The van der Waals surface area contributed by atoms with Gasteiger partial charge in [0.05, 0.1) is 0 Å². The Hall–Kier alpha value is -1.06. The molecule has 0 radical (unpaired) electrons. The molecule has 0 spiro atoms. The average molecular weight is 333 g/mol. The monoisotopic (exact) mass is 332 g/mol. The van der Waals surface area contributed by atoms with Gasteiger partial charge in [-0.15, -0.1) is 0 Å². The Morgan fingerprint density at radius 1 is 1.10 bits per heavy atom. The first-order valence-electron chi connectivity index (χ1n) is 7.44. The molecule has 1 aliphatic rings. The average Bonchev–Trinajstić information content (AvgIpc) is 2.51. The third-order valence-corrected chi connectivity index (χ3v) is 4.96. The summed E-state index contributed by atoms with van der Waals surface area (Å²) in [4.78, 5) is 2.53. The van der Waals surface area contributed by atoms with Gasteiger partial charge in [-0.3, -0.25) is 0 Å². The number of piperidine rings is 1. The molecule has 1 N–H and O–H groups in total. The van der Waals surface area contributed by atoms with E-state index in [1.165, 1.54) is 53.4 Å². The van der Waals surface area contributed by atoms with Crippen LogP contribution in [0.15, 0.2) is 40.9 Å². The highest BCUT2D eigenvalue weighted by Crippen LogP contribution is 2.31. The zero-order chi connectivity index (χ0) is 13.9. The summed E-state index contributed by atoms with van der Waals surface area (Å²) in [5, 5.41) is 6.33. The van der Waals surface area contributed by atoms with E-state index < -0.39 is 0 Å². The summed E-state index contributed by atoms with van der Waals surface area (Å²) in [6.07, 6.45) is 2.47. The van der Waals surface area contributed by atoms with Crippen molar-refractivity contribution in [2.75, 3.05) is 25.0 Å². The molecule has 0 aliphatic carbocycles. The fourth-order valence-corrected chi connectivity index (χ4v) is 3.48. The van der Waals surface area contributed by atoms with Crippen LogP contribution in [0.4, 0.5) is 5.69 Å². The summed E-state index contributed by atoms with van der Waals surface area (Å²) in [6.45, 7) is 5.84. The van der Waals surface area contributed by atoms with E-state index in [1.54, 1.807) is 0 Å². The molecule has 0 amide bonds. The summed E-state index contributed by atoms with van der Waals surface area (Å²) in [5.41, 5.74) is 1.26. The van der Waals surface area contributed by atoms with Crippen molar-refractivity contribution in [3.8, 4) is 0 Å². The van der Waals surface area contributed by atoms with E-state index in [0.717, 1.165) is 0 Å². The molecule has 0 unspecified atom stereocenters. The Bertz CT molecular complexity index is 589. The lowest BCUT2D eigenvalue weighted by molar-refractivity contribution is 0.229. The van der Waals surface area contributed by atoms with Crippen molar-refractivity contribution in [2.24, 2.45) is 0 Å². The Kier molecular flexibility index (Phi) is 4.27. The maximum Gasteiger partial charge on any atom is 0.0422 e. The standard InChI is InChI=1S/C17H21BrN2/c1-2-20-11-9-13(10-12-20)19-17-8-7-16(18)14-5-3-4-6-15(14)17/h3-8,13,19H,2,9-12H2,1H3. The van der Waals surface area contributed by atoms with Crippen molar-refractivity contribution in [1.29, 1.82) is 0 Å². The Morgan fingerprint density at radius 3 is 2.50 bits per heavy atom. The van der Waals surface area contributed by atoms with Crippen molar-refractivity contribution >= 4 is 32.4 Å². The molecular formula is C17H21BrN2. The van der Waals surface area contributed by atoms with Crippen LogP contribution in [0.1, 0.15) is 19.8 Å². The number of hydrogen-bond donors (Lipinski definition) is 1. The van der Waals surface area contributed by atoms with E-state index in [9.17, 15) is 0 Å². The maximum absolute atomic E-state index is 3.75. The van der Waals surface area contributed by atoms with E-state index in [-0.39, 0.29) is 0 Å². The smallest absolute Gasteiger partial charge is 0.0422 e. The van der Waals surface area contributed by atoms with Crippen LogP contribution in [-0.4, -0.2) is 30.6 Å². The van der Waals surface area contributed by atoms with Crippen molar-refractivity contribution in [3.63, 3.8) is 0 Å². The quantitative estimate of drug-likeness (QED) is 0.890. The van der Waals surface area contributed by atoms with E-state index in [0.29, 0.717) is 6.04 Å². The van der Waals surface area contributed by atoms with Crippen LogP contribution in [0, 0.1) is 0 Å². The molecule has 1 saturated heterocycles. The number of hydrogen-bond acceptors (Lipinski definition) is 2. The van der Waals surface area contributed by atoms with Crippen LogP contribution in [0.5, 0.6) is 0 Å². The lowest BCUT2D eigenvalue weighted by Crippen LogP contribution is -2.38. The number of nitrogens with one attached hydrogen (secondary N) is 1. The van der Waals surface area contributed by atoms with Crippen molar-refractivity contribution < 1.29 is 0 Å². The first-order valence-corrected chi connectivity index (χ1v) is 8.23. The molecule has 0 saturated carbocycles. The second-order valence-corrected chi connectivity index (χ2v) is 6.35. The Labute approximate surface area is 129 Å². The lowest BCUT2D eigenvalue weighted by Gasteiger charge is -2.32. The second-order valence-electron chi connectivity index (χ2n) is 5.49. The minimum Gasteiger partial charge on any atom is -0.382 e. The Balaban J connectivity index is 1.80. The molecule has 3 heteroatoms. The molecular weight excluding hydrogens is 312 g/mol. The lowest BCUT2D eigenvalue weighted by atomic mass is 10.0. The highest BCUT2D eigenvalue weighted by atomic mass is 79.9. The second kappa shape index (κ2) is 6.15. The van der Waals surface area contributed by atoms with E-state index in [2.05, 4.69) is 69.5 Å². The molecule has 0 bridgehead atoms. The molecule has 2 aromatic rings. The topological polar surface area (TPSA) is 15.3 Å². The van der Waals surface area contributed by atoms with E-state index >= 15 is 0 Å². The van der Waals surface area contributed by atoms with Gasteiger partial charge >= 0.3 is 0 Å². The van der Waals surface area contributed by atoms with Gasteiger partial charge in [0.25, 0.3) is 0 Å². The highest BCUT2D eigenvalue weighted by molar-refractivity contribution is 9.10. The molecule has 106 valence electrons. The molecule has 1 aliphatic heterocycles. The molecule has 3 rings (SSSR count). The van der Waals surface area contributed by atoms with Gasteiger partial charge in [-0.2, -0.15) is 0 Å². The first kappa shape index (κ1) is 13.9. The molecule has 1 fully saturated rings. The number of nitrogens with zero attached hydrogens (tertiary/aromatic N) is 1. The van der Waals surface area contributed by atoms with Crippen LogP contribution in [-0.2, 0) is 0 Å². The number of likely N-dealkylation sites (tertiary alicyclic amines) is 1. The van der Waals surface area contributed by atoms with Gasteiger partial charge in [0.1, 0.15) is 0 Å². The number of halogens is 1. The van der Waals surface area contributed by atoms with Crippen LogP contribution in [0.25, 0.3) is 10.8 Å². The molecule has 1 heterocycles. The van der Waals surface area contributed by atoms with Crippen molar-refractivity contribution in [1.82, 2.24) is 4.90 Å². The van der Waals surface area contributed by atoms with Crippen LogP contribution in [0.2, 0.25) is 0 Å². The number of anilines is 1. The number of benzene rings is 2. The summed E-state index contributed by atoms with van der Waals surface area (Å²) in [6, 6.07) is 13.5. The summed E-state index contributed by atoms with van der Waals surface area (Å²) in [7, 11) is 0. The van der Waals surface area contributed by atoms with Crippen molar-refractivity contribution in [3.05, 3.63) is 40.9 Å². The summed E-state index contributed by atoms with van der Waals surface area (Å²) < 4.78 is 1.17. The Morgan fingerprint density at radius 2 is 1.80 bits per heavy atom. The van der Waals surface area contributed by atoms with Crippen LogP contribution < -0.4 is 5.32 Å². The highest BCUT2D eigenvalue weighted by Gasteiger charge is 2.18. The van der Waals surface area contributed by atoms with Gasteiger partial charge in [0.2, 0.25) is 0 Å². The van der Waals surface area contributed by atoms with E-state index in [4.69, 9.17) is 0 Å². The predicted molar refractivity (Wildman–Crippen MR) is 90.4 cm³/mol. The third-order valence-electron chi connectivity index (χ3n) is 4.27. The fourth-order valence-electron chi connectivity index (χ4n) is 3.00. The normalized spacial score (nSPS) is 17.5. The molecule has 0 aromatic heterocycles. The minimum absolute atomic E-state index is 0.599. The minimum atomic E-state index is 0.599. The van der Waals surface area contributed by atoms with Gasteiger partial charge in [0, 0.05) is 34.7 Å². The maximum atomic E-state index is 3.75. The fraction of sp³-hybridized carbons (Fsp3) is 0.412. The van der Waals surface area contributed by atoms with Gasteiger partial charge in [-0.25, -0.2) is 0 Å².